The number of hydrogen-bond acceptors (Lipinski definition) is 7. The molecule has 0 unspecified atom stereocenters. The molecule has 0 saturated heterocycles. The molecule has 0 saturated carbocycles. The van der Waals surface area contributed by atoms with Gasteiger partial charge in [0.25, 0.3) is 0 Å². The van der Waals surface area contributed by atoms with E-state index in [2.05, 4.69) is 15.8 Å². The van der Waals surface area contributed by atoms with Gasteiger partial charge in [0.1, 0.15) is 6.61 Å². The summed E-state index contributed by atoms with van der Waals surface area (Å²) in [7, 11) is 0. The highest BCUT2D eigenvalue weighted by atomic mass is 16.5. The fourth-order valence-corrected chi connectivity index (χ4v) is 2.17. The number of carbonyl (C=O) groups is 3. The lowest BCUT2D eigenvalue weighted by atomic mass is 10.2. The number of ether oxygens (including phenoxy) is 2. The fourth-order valence-electron chi connectivity index (χ4n) is 2.17. The Hall–Kier alpha value is -3.88. The van der Waals surface area contributed by atoms with Gasteiger partial charge in [-0.2, -0.15) is 5.10 Å². The number of carboxylic acids is 1. The molecule has 2 amide bonds. The molecule has 2 aromatic rings. The predicted octanol–water partition coefficient (Wildman–Crippen LogP) is 0.611. The Balaban J connectivity index is 1.96. The summed E-state index contributed by atoms with van der Waals surface area (Å²) in [6, 6.07) is 11.6. The third kappa shape index (κ3) is 6.98. The van der Waals surface area contributed by atoms with Crippen molar-refractivity contribution in [3.05, 3.63) is 53.6 Å². The maximum absolute atomic E-state index is 11.9. The molecule has 0 spiro atoms. The Kier molecular flexibility index (Phi) is 7.72. The Morgan fingerprint density at radius 1 is 1.03 bits per heavy atom. The number of aryl methyl sites for hydroxylation is 1. The second-order valence-electron chi connectivity index (χ2n) is 5.82. The van der Waals surface area contributed by atoms with E-state index in [0.717, 1.165) is 5.56 Å². The first-order chi connectivity index (χ1) is 13.9. The molecule has 0 atom stereocenters. The molecule has 0 fully saturated rings. The molecular formula is C20H20N3O6-. The molecule has 2 N–H and O–H groups in total. The zero-order valence-electron chi connectivity index (χ0n) is 15.9. The molecule has 2 rings (SSSR count). The lowest BCUT2D eigenvalue weighted by molar-refractivity contribution is -0.307. The van der Waals surface area contributed by atoms with Gasteiger partial charge in [0, 0.05) is 5.69 Å². The van der Waals surface area contributed by atoms with Gasteiger partial charge in [0.2, 0.25) is 0 Å². The summed E-state index contributed by atoms with van der Waals surface area (Å²) in [5, 5.41) is 16.7. The minimum atomic E-state index is -1.36. The van der Waals surface area contributed by atoms with Crippen molar-refractivity contribution in [2.45, 2.75) is 13.8 Å². The van der Waals surface area contributed by atoms with E-state index >= 15 is 0 Å². The molecule has 0 aliphatic carbocycles. The highest BCUT2D eigenvalue weighted by Crippen LogP contribution is 2.28. The van der Waals surface area contributed by atoms with Gasteiger partial charge in [-0.1, -0.05) is 17.7 Å². The summed E-state index contributed by atoms with van der Waals surface area (Å²) < 4.78 is 10.5. The standard InChI is InChI=1S/C20H21N3O6/c1-3-28-17-10-14(6-9-16(17)29-12-18(24)25)11-21-23-20(27)19(26)22-15-7-4-13(2)5-8-15/h4-11H,3,12H2,1-2H3,(H,22,26)(H,23,27)(H,24,25)/p-1/b21-11-. The number of nitrogens with one attached hydrogen (secondary N) is 2. The van der Waals surface area contributed by atoms with Crippen LogP contribution in [-0.2, 0) is 14.4 Å². The number of hydrazone groups is 1. The van der Waals surface area contributed by atoms with Gasteiger partial charge in [-0.25, -0.2) is 5.43 Å². The summed E-state index contributed by atoms with van der Waals surface area (Å²) in [6.45, 7) is 3.39. The van der Waals surface area contributed by atoms with Gasteiger partial charge < -0.3 is 24.7 Å². The molecular weight excluding hydrogens is 378 g/mol. The van der Waals surface area contributed by atoms with Crippen LogP contribution in [0, 0.1) is 6.92 Å². The smallest absolute Gasteiger partial charge is 0.329 e. The quantitative estimate of drug-likeness (QED) is 0.381. The van der Waals surface area contributed by atoms with E-state index in [4.69, 9.17) is 9.47 Å². The van der Waals surface area contributed by atoms with E-state index < -0.39 is 24.4 Å². The highest BCUT2D eigenvalue weighted by molar-refractivity contribution is 6.39. The summed E-state index contributed by atoms with van der Waals surface area (Å²) in [5.74, 6) is -2.60. The van der Waals surface area contributed by atoms with Gasteiger partial charge >= 0.3 is 11.8 Å². The number of benzene rings is 2. The Bertz CT molecular complexity index is 909. The first-order valence-electron chi connectivity index (χ1n) is 8.69. The Labute approximate surface area is 167 Å². The largest absolute Gasteiger partial charge is 0.546 e. The third-order valence-corrected chi connectivity index (χ3v) is 3.51. The number of aliphatic carboxylic acids is 1. The van der Waals surface area contributed by atoms with Crippen LogP contribution in [0.25, 0.3) is 0 Å². The zero-order chi connectivity index (χ0) is 21.2. The Morgan fingerprint density at radius 2 is 1.76 bits per heavy atom. The average molecular weight is 398 g/mol. The van der Waals surface area contributed by atoms with Crippen LogP contribution in [0.1, 0.15) is 18.1 Å². The first-order valence-corrected chi connectivity index (χ1v) is 8.69. The van der Waals surface area contributed by atoms with E-state index in [9.17, 15) is 19.5 Å². The van der Waals surface area contributed by atoms with E-state index in [0.29, 0.717) is 23.6 Å². The number of amides is 2. The normalized spacial score (nSPS) is 10.4. The van der Waals surface area contributed by atoms with Crippen LogP contribution in [0.3, 0.4) is 0 Å². The molecule has 0 bridgehead atoms. The zero-order valence-corrected chi connectivity index (χ0v) is 15.9. The molecule has 0 aromatic heterocycles. The van der Waals surface area contributed by atoms with Gasteiger partial charge in [-0.15, -0.1) is 0 Å². The summed E-state index contributed by atoms with van der Waals surface area (Å²) in [6.07, 6.45) is 1.31. The fraction of sp³-hybridized carbons (Fsp3) is 0.200. The molecule has 9 nitrogen and oxygen atoms in total. The molecule has 2 aromatic carbocycles. The topological polar surface area (TPSA) is 129 Å². The number of carboxylic acid groups (broad SMARTS) is 1. The summed E-state index contributed by atoms with van der Waals surface area (Å²) in [5.41, 5.74) is 4.19. The van der Waals surface area contributed by atoms with Crippen molar-refractivity contribution in [2.75, 3.05) is 18.5 Å². The van der Waals surface area contributed by atoms with Crippen molar-refractivity contribution in [1.29, 1.82) is 0 Å². The molecule has 0 radical (unpaired) electrons. The van der Waals surface area contributed by atoms with Crippen molar-refractivity contribution in [3.63, 3.8) is 0 Å². The minimum absolute atomic E-state index is 0.231. The van der Waals surface area contributed by atoms with E-state index in [1.54, 1.807) is 31.2 Å². The van der Waals surface area contributed by atoms with Crippen LogP contribution in [-0.4, -0.2) is 37.2 Å². The number of hydrogen-bond donors (Lipinski definition) is 2. The molecule has 0 aliphatic heterocycles. The average Bonchev–Trinajstić information content (AvgIpc) is 2.69. The summed E-state index contributed by atoms with van der Waals surface area (Å²) >= 11 is 0. The van der Waals surface area contributed by atoms with E-state index in [1.807, 2.05) is 19.1 Å². The van der Waals surface area contributed by atoms with Crippen molar-refractivity contribution >= 4 is 29.7 Å². The lowest BCUT2D eigenvalue weighted by Crippen LogP contribution is -2.32. The van der Waals surface area contributed by atoms with Crippen LogP contribution in [0.15, 0.2) is 47.6 Å². The van der Waals surface area contributed by atoms with Crippen molar-refractivity contribution < 1.29 is 29.0 Å². The molecule has 0 aliphatic rings. The summed E-state index contributed by atoms with van der Waals surface area (Å²) in [4.78, 5) is 34.2. The van der Waals surface area contributed by atoms with Gasteiger partial charge in [-0.05, 0) is 49.7 Å². The molecule has 29 heavy (non-hydrogen) atoms. The van der Waals surface area contributed by atoms with Gasteiger partial charge in [0.05, 0.1) is 18.8 Å². The van der Waals surface area contributed by atoms with Crippen LogP contribution in [0.2, 0.25) is 0 Å². The van der Waals surface area contributed by atoms with Crippen molar-refractivity contribution in [3.8, 4) is 11.5 Å². The maximum Gasteiger partial charge on any atom is 0.329 e. The van der Waals surface area contributed by atoms with Crippen LogP contribution < -0.4 is 25.3 Å². The SMILES string of the molecule is CCOc1cc(/C=N\NC(=O)C(=O)Nc2ccc(C)cc2)ccc1OCC(=O)[O-]. The maximum atomic E-state index is 11.9. The minimum Gasteiger partial charge on any atom is -0.546 e. The van der Waals surface area contributed by atoms with E-state index in [1.165, 1.54) is 12.3 Å². The number of nitrogens with zero attached hydrogens (tertiary/aromatic N) is 1. The monoisotopic (exact) mass is 398 g/mol. The third-order valence-electron chi connectivity index (χ3n) is 3.51. The van der Waals surface area contributed by atoms with Gasteiger partial charge in [0.15, 0.2) is 11.5 Å². The number of carbonyl (C=O) groups excluding carboxylic acids is 3. The molecule has 0 heterocycles. The second-order valence-corrected chi connectivity index (χ2v) is 5.82. The number of rotatable bonds is 8. The predicted molar refractivity (Wildman–Crippen MR) is 104 cm³/mol. The van der Waals surface area contributed by atoms with Crippen molar-refractivity contribution in [1.82, 2.24) is 5.43 Å². The molecule has 152 valence electrons. The lowest BCUT2D eigenvalue weighted by Gasteiger charge is -2.12. The molecule has 9 heteroatoms. The van der Waals surface area contributed by atoms with Crippen LogP contribution >= 0.6 is 0 Å². The highest BCUT2D eigenvalue weighted by Gasteiger charge is 2.12. The van der Waals surface area contributed by atoms with E-state index in [-0.39, 0.29) is 5.75 Å². The van der Waals surface area contributed by atoms with Crippen LogP contribution in [0.5, 0.6) is 11.5 Å². The number of anilines is 1. The Morgan fingerprint density at radius 3 is 2.41 bits per heavy atom. The van der Waals surface area contributed by atoms with Crippen molar-refractivity contribution in [2.24, 2.45) is 5.10 Å². The van der Waals surface area contributed by atoms with Gasteiger partial charge in [-0.3, -0.25) is 9.59 Å². The first kappa shape index (κ1) is 21.4. The van der Waals surface area contributed by atoms with Crippen LogP contribution in [0.4, 0.5) is 5.69 Å². The second kappa shape index (κ2) is 10.5.